The van der Waals surface area contributed by atoms with Crippen LogP contribution in [0.2, 0.25) is 0 Å². The van der Waals surface area contributed by atoms with Crippen molar-refractivity contribution in [1.82, 2.24) is 0 Å². The van der Waals surface area contributed by atoms with Gasteiger partial charge in [-0.05, 0) is 29.2 Å². The van der Waals surface area contributed by atoms with Crippen molar-refractivity contribution in [2.45, 2.75) is 11.3 Å². The van der Waals surface area contributed by atoms with Gasteiger partial charge in [0.2, 0.25) is 5.69 Å². The predicted molar refractivity (Wildman–Crippen MR) is 96.9 cm³/mol. The number of hydrogen-bond donors (Lipinski definition) is 0. The highest BCUT2D eigenvalue weighted by molar-refractivity contribution is 7.99. The predicted octanol–water partition coefficient (Wildman–Crippen LogP) is 5.08. The molecule has 2 heteroatoms. The Kier molecular flexibility index (Phi) is 2.92. The molecular weight excluding hydrogens is 298 g/mol. The quantitative estimate of drug-likeness (QED) is 0.443. The molecule has 1 aliphatic carbocycles. The number of nitrogens with zero attached hydrogens (tertiary/aromatic N) is 1. The van der Waals surface area contributed by atoms with Crippen molar-refractivity contribution in [1.29, 1.82) is 0 Å². The first-order valence-corrected chi connectivity index (χ1v) is 8.92. The van der Waals surface area contributed by atoms with E-state index in [1.165, 1.54) is 38.4 Å². The Morgan fingerprint density at radius 2 is 1.61 bits per heavy atom. The van der Waals surface area contributed by atoms with Gasteiger partial charge in [0, 0.05) is 22.6 Å². The number of rotatable bonds is 1. The van der Waals surface area contributed by atoms with E-state index >= 15 is 0 Å². The van der Waals surface area contributed by atoms with Gasteiger partial charge < -0.3 is 0 Å². The van der Waals surface area contributed by atoms with E-state index in [-0.39, 0.29) is 0 Å². The number of thioether (sulfide) groups is 1. The second kappa shape index (κ2) is 5.10. The molecule has 0 unspecified atom stereocenters. The van der Waals surface area contributed by atoms with Gasteiger partial charge in [0.1, 0.15) is 0 Å². The third-order valence-corrected chi connectivity index (χ3v) is 5.81. The summed E-state index contributed by atoms with van der Waals surface area (Å²) >= 11 is 1.96. The molecule has 0 saturated carbocycles. The summed E-state index contributed by atoms with van der Waals surface area (Å²) in [7, 11) is 0. The van der Waals surface area contributed by atoms with Crippen LogP contribution in [-0.4, -0.2) is 16.7 Å². The minimum atomic E-state index is 0.968. The zero-order valence-electron chi connectivity index (χ0n) is 12.7. The second-order valence-electron chi connectivity index (χ2n) is 6.06. The summed E-state index contributed by atoms with van der Waals surface area (Å²) in [6, 6.07) is 24.0. The molecule has 2 aliphatic rings. The third-order valence-electron chi connectivity index (χ3n) is 4.67. The molecule has 0 N–H and O–H groups in total. The largest absolute Gasteiger partial charge is 0.205 e. The molecule has 3 aromatic carbocycles. The average molecular weight is 314 g/mol. The second-order valence-corrected chi connectivity index (χ2v) is 7.01. The molecule has 0 fully saturated rings. The van der Waals surface area contributed by atoms with Crippen molar-refractivity contribution in [3.05, 3.63) is 83.4 Å². The summed E-state index contributed by atoms with van der Waals surface area (Å²) in [6.45, 7) is 0. The Labute approximate surface area is 140 Å². The normalized spacial score (nSPS) is 14.7. The maximum absolute atomic E-state index is 2.33. The maximum atomic E-state index is 2.33. The number of hydrogen-bond acceptors (Lipinski definition) is 1. The lowest BCUT2D eigenvalue weighted by molar-refractivity contribution is -0.411. The topological polar surface area (TPSA) is 3.01 Å². The standard InChI is InChI=1S/C21H16NS/c1-2-7-18(8-3-1)22-13-17-11-10-16-12-15-6-4-5-9-19(15)20(16)21(17)23-14-22/h1-11,13H,12,14H2/q+1. The summed E-state index contributed by atoms with van der Waals surface area (Å²) in [5, 5.41) is 0. The Morgan fingerprint density at radius 3 is 2.52 bits per heavy atom. The molecule has 1 aliphatic heterocycles. The zero-order valence-corrected chi connectivity index (χ0v) is 13.5. The first-order valence-electron chi connectivity index (χ1n) is 7.94. The van der Waals surface area contributed by atoms with Crippen LogP contribution in [0.3, 0.4) is 0 Å². The monoisotopic (exact) mass is 314 g/mol. The molecule has 23 heavy (non-hydrogen) atoms. The van der Waals surface area contributed by atoms with Crippen LogP contribution in [0.1, 0.15) is 16.7 Å². The molecule has 0 bridgehead atoms. The van der Waals surface area contributed by atoms with Crippen LogP contribution >= 0.6 is 11.8 Å². The van der Waals surface area contributed by atoms with E-state index in [0.29, 0.717) is 0 Å². The zero-order chi connectivity index (χ0) is 15.2. The summed E-state index contributed by atoms with van der Waals surface area (Å²) in [5.41, 5.74) is 8.41. The lowest BCUT2D eigenvalue weighted by atomic mass is 10.0. The molecule has 0 spiro atoms. The minimum Gasteiger partial charge on any atom is -0.188 e. The van der Waals surface area contributed by atoms with E-state index in [1.807, 2.05) is 11.8 Å². The van der Waals surface area contributed by atoms with Gasteiger partial charge in [-0.3, -0.25) is 0 Å². The van der Waals surface area contributed by atoms with Crippen LogP contribution in [0.25, 0.3) is 11.1 Å². The average Bonchev–Trinajstić information content (AvgIpc) is 3.01. The first-order chi connectivity index (χ1) is 11.4. The Hall–Kier alpha value is -2.32. The van der Waals surface area contributed by atoms with Crippen molar-refractivity contribution >= 4 is 23.7 Å². The van der Waals surface area contributed by atoms with Crippen LogP contribution in [0.15, 0.2) is 71.6 Å². The van der Waals surface area contributed by atoms with Crippen LogP contribution in [-0.2, 0) is 6.42 Å². The number of fused-ring (bicyclic) bond motifs is 5. The Bertz CT molecular complexity index is 941. The fraction of sp³-hybridized carbons (Fsp3) is 0.0952. The summed E-state index contributed by atoms with van der Waals surface area (Å²) in [5.74, 6) is 0.968. The van der Waals surface area contributed by atoms with Gasteiger partial charge >= 0.3 is 0 Å². The fourth-order valence-electron chi connectivity index (χ4n) is 3.57. The van der Waals surface area contributed by atoms with E-state index in [0.717, 1.165) is 12.3 Å². The SMILES string of the molecule is C1=[N+](c2ccccc2)CSc2c1ccc1c2-c2ccccc2C1. The molecule has 0 saturated heterocycles. The molecule has 0 radical (unpaired) electrons. The van der Waals surface area contributed by atoms with Gasteiger partial charge in [-0.25, -0.2) is 0 Å². The fourth-order valence-corrected chi connectivity index (χ4v) is 4.74. The highest BCUT2D eigenvalue weighted by Crippen LogP contribution is 2.45. The summed E-state index contributed by atoms with van der Waals surface area (Å²) < 4.78 is 2.33. The van der Waals surface area contributed by atoms with Gasteiger partial charge in [-0.2, -0.15) is 4.58 Å². The highest BCUT2D eigenvalue weighted by Gasteiger charge is 2.27. The van der Waals surface area contributed by atoms with Crippen molar-refractivity contribution in [3.8, 4) is 11.1 Å². The molecule has 1 nitrogen and oxygen atoms in total. The van der Waals surface area contributed by atoms with Gasteiger partial charge in [-0.15, -0.1) is 0 Å². The van der Waals surface area contributed by atoms with Gasteiger partial charge in [0.05, 0.1) is 5.56 Å². The van der Waals surface area contributed by atoms with Crippen LogP contribution in [0.4, 0.5) is 5.69 Å². The van der Waals surface area contributed by atoms with E-state index in [4.69, 9.17) is 0 Å². The Morgan fingerprint density at radius 1 is 0.783 bits per heavy atom. The molecule has 3 aromatic rings. The van der Waals surface area contributed by atoms with Gasteiger partial charge in [0.25, 0.3) is 0 Å². The molecule has 0 atom stereocenters. The third kappa shape index (κ3) is 2.06. The van der Waals surface area contributed by atoms with E-state index in [2.05, 4.69) is 77.5 Å². The Balaban J connectivity index is 1.67. The summed E-state index contributed by atoms with van der Waals surface area (Å²) in [4.78, 5) is 1.44. The van der Waals surface area contributed by atoms with Crippen molar-refractivity contribution in [2.75, 3.05) is 5.88 Å². The molecular formula is C21H16NS+. The van der Waals surface area contributed by atoms with Gasteiger partial charge in [-0.1, -0.05) is 60.3 Å². The molecule has 5 rings (SSSR count). The lowest BCUT2D eigenvalue weighted by Crippen LogP contribution is -2.13. The molecule has 0 amide bonds. The lowest BCUT2D eigenvalue weighted by Gasteiger charge is -2.15. The first kappa shape index (κ1) is 13.1. The van der Waals surface area contributed by atoms with Crippen LogP contribution < -0.4 is 0 Å². The van der Waals surface area contributed by atoms with E-state index in [9.17, 15) is 0 Å². The maximum Gasteiger partial charge on any atom is 0.205 e. The van der Waals surface area contributed by atoms with Crippen molar-refractivity contribution in [2.24, 2.45) is 0 Å². The molecule has 110 valence electrons. The molecule has 0 aromatic heterocycles. The van der Waals surface area contributed by atoms with Crippen molar-refractivity contribution in [3.63, 3.8) is 0 Å². The molecule has 1 heterocycles. The summed E-state index contributed by atoms with van der Waals surface area (Å²) in [6.07, 6.45) is 3.37. The van der Waals surface area contributed by atoms with E-state index < -0.39 is 0 Å². The van der Waals surface area contributed by atoms with Gasteiger partial charge in [0.15, 0.2) is 12.1 Å². The smallest absolute Gasteiger partial charge is 0.188 e. The van der Waals surface area contributed by atoms with Crippen molar-refractivity contribution < 1.29 is 4.58 Å². The minimum absolute atomic E-state index is 0.968. The highest BCUT2D eigenvalue weighted by atomic mass is 32.2. The van der Waals surface area contributed by atoms with E-state index in [1.54, 1.807) is 0 Å². The van der Waals surface area contributed by atoms with Crippen LogP contribution in [0.5, 0.6) is 0 Å². The van der Waals surface area contributed by atoms with Crippen LogP contribution in [0, 0.1) is 0 Å². The number of para-hydroxylation sites is 1. The number of benzene rings is 3.